The second-order valence-electron chi connectivity index (χ2n) is 23.2. The first-order valence-corrected chi connectivity index (χ1v) is 27.4. The van der Waals surface area contributed by atoms with E-state index in [1.807, 2.05) is 0 Å². The molecule has 0 atom stereocenters. The molecule has 2 heteroatoms. The van der Waals surface area contributed by atoms with E-state index in [-0.39, 0.29) is 16.2 Å². The highest BCUT2D eigenvalue weighted by Crippen LogP contribution is 2.51. The highest BCUT2D eigenvalue weighted by Gasteiger charge is 2.37. The Balaban J connectivity index is 0.861. The molecule has 76 heavy (non-hydrogen) atoms. The molecule has 0 aliphatic heterocycles. The predicted molar refractivity (Wildman–Crippen MR) is 326 cm³/mol. The Kier molecular flexibility index (Phi) is 12.1. The minimum atomic E-state index is -0.0868. The van der Waals surface area contributed by atoms with Gasteiger partial charge in [-0.25, -0.2) is 0 Å². The summed E-state index contributed by atoms with van der Waals surface area (Å²) in [5.41, 5.74) is 26.4. The SMILES string of the molecule is CCC(C)(C)c1ccc(N(c2ccc(-c3ccc4c(c3)C(C)(C)c3cc(C(C)(C)CC)ccc3-4)cc2)c2ccc(-c3ccc4c(c3)c3ccccc3n4-c3cccc(-c4ccc(-c5ccc(C)cc5)cc4)c3)cc2)cc1. The lowest BCUT2D eigenvalue weighted by atomic mass is 9.77. The molecule has 0 saturated heterocycles. The average Bonchev–Trinajstić information content (AvgIpc) is 4.01. The van der Waals surface area contributed by atoms with Crippen molar-refractivity contribution in [1.29, 1.82) is 0 Å². The van der Waals surface area contributed by atoms with Gasteiger partial charge in [0.25, 0.3) is 0 Å². The molecule has 0 bridgehead atoms. The van der Waals surface area contributed by atoms with Gasteiger partial charge in [-0.15, -0.1) is 0 Å². The molecule has 12 rings (SSSR count). The smallest absolute Gasteiger partial charge is 0.0541 e. The van der Waals surface area contributed by atoms with Crippen LogP contribution in [0.3, 0.4) is 0 Å². The monoisotopic (exact) mass is 985 g/mol. The Labute approximate surface area is 451 Å². The third-order valence-electron chi connectivity index (χ3n) is 17.4. The molecule has 0 radical (unpaired) electrons. The molecule has 11 aromatic rings. The topological polar surface area (TPSA) is 8.17 Å². The number of rotatable bonds is 12. The van der Waals surface area contributed by atoms with E-state index in [1.54, 1.807) is 0 Å². The van der Waals surface area contributed by atoms with Crippen LogP contribution in [0.1, 0.15) is 96.0 Å². The van der Waals surface area contributed by atoms with Crippen molar-refractivity contribution in [2.24, 2.45) is 0 Å². The van der Waals surface area contributed by atoms with E-state index in [1.165, 1.54) is 105 Å². The van der Waals surface area contributed by atoms with Crippen molar-refractivity contribution in [3.63, 3.8) is 0 Å². The molecule has 0 unspecified atom stereocenters. The van der Waals surface area contributed by atoms with Gasteiger partial charge in [-0.1, -0.05) is 213 Å². The maximum atomic E-state index is 2.48. The summed E-state index contributed by atoms with van der Waals surface area (Å²) in [4.78, 5) is 2.40. The van der Waals surface area contributed by atoms with E-state index in [9.17, 15) is 0 Å². The van der Waals surface area contributed by atoms with Crippen LogP contribution < -0.4 is 4.90 Å². The van der Waals surface area contributed by atoms with Crippen LogP contribution in [0.2, 0.25) is 0 Å². The second-order valence-corrected chi connectivity index (χ2v) is 23.2. The lowest BCUT2D eigenvalue weighted by molar-refractivity contribution is 0.504. The Bertz CT molecular complexity index is 3940. The minimum Gasteiger partial charge on any atom is -0.311 e. The highest BCUT2D eigenvalue weighted by molar-refractivity contribution is 6.10. The van der Waals surface area contributed by atoms with Gasteiger partial charge in [0.2, 0.25) is 0 Å². The van der Waals surface area contributed by atoms with Crippen LogP contribution in [0, 0.1) is 6.92 Å². The second kappa shape index (κ2) is 18.9. The molecule has 2 nitrogen and oxygen atoms in total. The van der Waals surface area contributed by atoms with Gasteiger partial charge in [-0.2, -0.15) is 0 Å². The number of benzene rings is 10. The summed E-state index contributed by atoms with van der Waals surface area (Å²) in [6, 6.07) is 84.3. The van der Waals surface area contributed by atoms with Gasteiger partial charge < -0.3 is 9.47 Å². The zero-order valence-corrected chi connectivity index (χ0v) is 45.7. The molecule has 0 fully saturated rings. The summed E-state index contributed by atoms with van der Waals surface area (Å²) in [6.07, 6.45) is 2.19. The van der Waals surface area contributed by atoms with Gasteiger partial charge in [-0.3, -0.25) is 0 Å². The van der Waals surface area contributed by atoms with E-state index in [4.69, 9.17) is 0 Å². The standard InChI is InChI=1S/C74H68N2/c1-10-72(4,5)58-33-40-62(41-34-58)75(61-38-29-54(30-39-61)57-31-42-64-65-43-35-59(73(6,7)11-2)48-69(65)74(8,9)68(64)47-57)60-36-27-53(28-37-60)56-32-44-71-67(46-56)66-17-12-13-18-70(66)76(71)63-16-14-15-55(45-63)52-25-23-51(24-26-52)50-21-19-49(3)20-22-50/h12-48H,10-11H2,1-9H3. The lowest BCUT2D eigenvalue weighted by Gasteiger charge is -2.28. The molecule has 0 N–H and O–H groups in total. The van der Waals surface area contributed by atoms with Crippen molar-refractivity contribution in [2.45, 2.75) is 91.4 Å². The molecule has 1 aliphatic carbocycles. The number of fused-ring (bicyclic) bond motifs is 6. The molecular formula is C74H68N2. The zero-order chi connectivity index (χ0) is 52.5. The number of anilines is 3. The lowest BCUT2D eigenvalue weighted by Crippen LogP contribution is -2.19. The maximum absolute atomic E-state index is 2.48. The van der Waals surface area contributed by atoms with E-state index >= 15 is 0 Å². The zero-order valence-electron chi connectivity index (χ0n) is 45.7. The van der Waals surface area contributed by atoms with Gasteiger partial charge in [-0.05, 0) is 181 Å². The average molecular weight is 985 g/mol. The van der Waals surface area contributed by atoms with Gasteiger partial charge in [0.1, 0.15) is 0 Å². The summed E-state index contributed by atoms with van der Waals surface area (Å²) in [6.45, 7) is 20.9. The Morgan fingerprint density at radius 3 is 1.42 bits per heavy atom. The predicted octanol–water partition coefficient (Wildman–Crippen LogP) is 20.9. The van der Waals surface area contributed by atoms with Crippen LogP contribution >= 0.6 is 0 Å². The fourth-order valence-electron chi connectivity index (χ4n) is 11.7. The first kappa shape index (κ1) is 48.7. The molecule has 1 aromatic heterocycles. The summed E-state index contributed by atoms with van der Waals surface area (Å²) in [5, 5.41) is 2.48. The molecule has 1 heterocycles. The highest BCUT2D eigenvalue weighted by atomic mass is 15.1. The quantitative estimate of drug-likeness (QED) is 0.118. The van der Waals surface area contributed by atoms with Gasteiger partial charge in [0.05, 0.1) is 11.0 Å². The fourth-order valence-corrected chi connectivity index (χ4v) is 11.7. The van der Waals surface area contributed by atoms with Crippen LogP contribution in [0.25, 0.3) is 83.1 Å². The van der Waals surface area contributed by atoms with Crippen molar-refractivity contribution in [3.8, 4) is 61.3 Å². The number of hydrogen-bond donors (Lipinski definition) is 0. The Morgan fingerprint density at radius 2 is 0.816 bits per heavy atom. The van der Waals surface area contributed by atoms with Gasteiger partial charge >= 0.3 is 0 Å². The van der Waals surface area contributed by atoms with Crippen LogP contribution in [-0.2, 0) is 16.2 Å². The number of nitrogens with zero attached hydrogens (tertiary/aromatic N) is 2. The summed E-state index contributed by atoms with van der Waals surface area (Å²) < 4.78 is 2.42. The molecular weight excluding hydrogens is 917 g/mol. The third-order valence-corrected chi connectivity index (χ3v) is 17.4. The number of para-hydroxylation sites is 1. The van der Waals surface area contributed by atoms with Crippen molar-refractivity contribution in [2.75, 3.05) is 4.90 Å². The van der Waals surface area contributed by atoms with Crippen molar-refractivity contribution in [1.82, 2.24) is 4.57 Å². The van der Waals surface area contributed by atoms with E-state index in [2.05, 4.69) is 296 Å². The minimum absolute atomic E-state index is 0.0868. The first-order valence-electron chi connectivity index (χ1n) is 27.4. The van der Waals surface area contributed by atoms with E-state index < -0.39 is 0 Å². The number of aromatic nitrogens is 1. The number of aryl methyl sites for hydroxylation is 1. The van der Waals surface area contributed by atoms with Gasteiger partial charge in [0, 0.05) is 38.9 Å². The van der Waals surface area contributed by atoms with E-state index in [0.29, 0.717) is 0 Å². The fraction of sp³-hybridized carbons (Fsp3) is 0.189. The van der Waals surface area contributed by atoms with Crippen LogP contribution in [0.5, 0.6) is 0 Å². The van der Waals surface area contributed by atoms with E-state index in [0.717, 1.165) is 35.6 Å². The number of hydrogen-bond acceptors (Lipinski definition) is 1. The summed E-state index contributed by atoms with van der Waals surface area (Å²) in [7, 11) is 0. The molecule has 10 aromatic carbocycles. The third kappa shape index (κ3) is 8.55. The molecule has 0 saturated carbocycles. The normalized spacial score (nSPS) is 13.0. The molecule has 374 valence electrons. The van der Waals surface area contributed by atoms with Crippen molar-refractivity contribution < 1.29 is 0 Å². The molecule has 0 spiro atoms. The Hall–Kier alpha value is -8.20. The summed E-state index contributed by atoms with van der Waals surface area (Å²) >= 11 is 0. The van der Waals surface area contributed by atoms with Crippen molar-refractivity contribution >= 4 is 38.9 Å². The summed E-state index contributed by atoms with van der Waals surface area (Å²) in [5.74, 6) is 0. The van der Waals surface area contributed by atoms with Crippen LogP contribution in [0.15, 0.2) is 224 Å². The Morgan fingerprint density at radius 1 is 0.382 bits per heavy atom. The largest absolute Gasteiger partial charge is 0.311 e. The van der Waals surface area contributed by atoms with Crippen LogP contribution in [0.4, 0.5) is 17.1 Å². The van der Waals surface area contributed by atoms with Gasteiger partial charge in [0.15, 0.2) is 0 Å². The maximum Gasteiger partial charge on any atom is 0.0541 e. The molecule has 0 amide bonds. The molecule has 1 aliphatic rings. The van der Waals surface area contributed by atoms with Crippen LogP contribution in [-0.4, -0.2) is 4.57 Å². The first-order chi connectivity index (χ1) is 36.7. The van der Waals surface area contributed by atoms with Crippen molar-refractivity contribution in [3.05, 3.63) is 252 Å².